The van der Waals surface area contributed by atoms with Crippen molar-refractivity contribution in [3.8, 4) is 5.69 Å². The number of hydrogen-bond acceptors (Lipinski definition) is 5. The first-order chi connectivity index (χ1) is 15.1. The number of halogens is 3. The molecule has 0 radical (unpaired) electrons. The molecular weight excluding hydrogens is 447 g/mol. The third-order valence-electron chi connectivity index (χ3n) is 4.70. The molecule has 3 rings (SSSR count). The minimum atomic E-state index is -4.61. The number of carbonyl (C=O) groups excluding carboxylic acids is 1. The molecule has 3 aromatic rings. The van der Waals surface area contributed by atoms with E-state index in [1.54, 1.807) is 13.8 Å². The van der Waals surface area contributed by atoms with Crippen LogP contribution in [0.2, 0.25) is 0 Å². The maximum absolute atomic E-state index is 13.2. The van der Waals surface area contributed by atoms with Crippen LogP contribution in [0.25, 0.3) is 5.69 Å². The van der Waals surface area contributed by atoms with Crippen LogP contribution in [-0.4, -0.2) is 46.5 Å². The van der Waals surface area contributed by atoms with Gasteiger partial charge in [0.25, 0.3) is 5.91 Å². The highest BCUT2D eigenvalue weighted by Crippen LogP contribution is 2.33. The lowest BCUT2D eigenvalue weighted by molar-refractivity contribution is -0.137. The summed E-state index contributed by atoms with van der Waals surface area (Å²) in [7, 11) is -3.70. The van der Waals surface area contributed by atoms with E-state index >= 15 is 0 Å². The van der Waals surface area contributed by atoms with Crippen molar-refractivity contribution in [1.29, 1.82) is 0 Å². The molecule has 1 amide bonds. The summed E-state index contributed by atoms with van der Waals surface area (Å²) in [5.74, 6) is -0.711. The molecule has 1 aromatic heterocycles. The zero-order valence-corrected chi connectivity index (χ0v) is 18.0. The molecule has 12 heteroatoms. The van der Waals surface area contributed by atoms with E-state index in [1.807, 2.05) is 0 Å². The number of nitrogens with zero attached hydrogens (tertiary/aromatic N) is 4. The highest BCUT2D eigenvalue weighted by atomic mass is 32.2. The average Bonchev–Trinajstić information content (AvgIpc) is 3.28. The van der Waals surface area contributed by atoms with Crippen molar-refractivity contribution in [3.63, 3.8) is 0 Å². The van der Waals surface area contributed by atoms with Gasteiger partial charge in [-0.05, 0) is 42.5 Å². The highest BCUT2D eigenvalue weighted by molar-refractivity contribution is 7.89. The summed E-state index contributed by atoms with van der Waals surface area (Å²) in [5, 5.41) is 6.34. The predicted molar refractivity (Wildman–Crippen MR) is 111 cm³/mol. The summed E-state index contributed by atoms with van der Waals surface area (Å²) < 4.78 is 67.2. The molecule has 2 aromatic carbocycles. The molecular formula is C20H20F3N5O3S. The van der Waals surface area contributed by atoms with E-state index in [0.29, 0.717) is 13.1 Å². The fourth-order valence-electron chi connectivity index (χ4n) is 3.03. The van der Waals surface area contributed by atoms with Gasteiger partial charge in [-0.3, -0.25) is 4.79 Å². The maximum Gasteiger partial charge on any atom is 0.416 e. The number of benzene rings is 2. The second-order valence-electron chi connectivity index (χ2n) is 6.64. The third kappa shape index (κ3) is 4.81. The monoisotopic (exact) mass is 467 g/mol. The van der Waals surface area contributed by atoms with Crippen LogP contribution in [0.4, 0.5) is 18.9 Å². The Balaban J connectivity index is 1.91. The molecule has 0 aliphatic rings. The minimum absolute atomic E-state index is 0.0140. The van der Waals surface area contributed by atoms with Crippen molar-refractivity contribution in [2.75, 3.05) is 18.4 Å². The number of alkyl halides is 3. The van der Waals surface area contributed by atoms with Crippen LogP contribution in [0.5, 0.6) is 0 Å². The molecule has 0 aliphatic heterocycles. The molecule has 0 unspecified atom stereocenters. The Labute approximate surface area is 182 Å². The number of amides is 1. The lowest BCUT2D eigenvalue weighted by Crippen LogP contribution is -2.30. The number of aromatic nitrogens is 3. The molecule has 1 heterocycles. The summed E-state index contributed by atoms with van der Waals surface area (Å²) in [6.07, 6.45) is -2.12. The van der Waals surface area contributed by atoms with Crippen LogP contribution in [-0.2, 0) is 16.2 Å². The average molecular weight is 467 g/mol. The first-order valence-electron chi connectivity index (χ1n) is 9.55. The van der Waals surface area contributed by atoms with Gasteiger partial charge in [0.1, 0.15) is 12.7 Å². The number of sulfonamides is 1. The Hall–Kier alpha value is -3.25. The van der Waals surface area contributed by atoms with Crippen LogP contribution in [0, 0.1) is 0 Å². The quantitative estimate of drug-likeness (QED) is 0.573. The number of nitrogens with one attached hydrogen (secondary N) is 1. The van der Waals surface area contributed by atoms with Gasteiger partial charge < -0.3 is 5.32 Å². The molecule has 0 aliphatic carbocycles. The van der Waals surface area contributed by atoms with Crippen LogP contribution >= 0.6 is 0 Å². The number of hydrogen-bond donors (Lipinski definition) is 1. The second-order valence-corrected chi connectivity index (χ2v) is 8.58. The molecule has 0 saturated heterocycles. The molecule has 32 heavy (non-hydrogen) atoms. The largest absolute Gasteiger partial charge is 0.416 e. The maximum atomic E-state index is 13.2. The number of rotatable bonds is 7. The predicted octanol–water partition coefficient (Wildman–Crippen LogP) is 3.57. The van der Waals surface area contributed by atoms with Crippen molar-refractivity contribution < 1.29 is 26.4 Å². The van der Waals surface area contributed by atoms with E-state index in [4.69, 9.17) is 0 Å². The minimum Gasteiger partial charge on any atom is -0.320 e. The smallest absolute Gasteiger partial charge is 0.320 e. The molecule has 170 valence electrons. The van der Waals surface area contributed by atoms with E-state index < -0.39 is 27.7 Å². The first-order valence-corrected chi connectivity index (χ1v) is 11.0. The SMILES string of the molecule is CCN(CC)S(=O)(=O)c1ccc(C(=O)Nc2cc(C(F)(F)F)ccc2-n2cncn2)cc1. The van der Waals surface area contributed by atoms with Gasteiger partial charge in [0.05, 0.1) is 21.8 Å². The Morgan fingerprint density at radius 1 is 1.09 bits per heavy atom. The van der Waals surface area contributed by atoms with Gasteiger partial charge in [-0.15, -0.1) is 0 Å². The summed E-state index contributed by atoms with van der Waals surface area (Å²) in [4.78, 5) is 16.5. The summed E-state index contributed by atoms with van der Waals surface area (Å²) in [6.45, 7) is 4.01. The van der Waals surface area contributed by atoms with Gasteiger partial charge in [-0.25, -0.2) is 18.1 Å². The zero-order chi connectivity index (χ0) is 23.5. The summed E-state index contributed by atoms with van der Waals surface area (Å²) in [6, 6.07) is 8.02. The van der Waals surface area contributed by atoms with Gasteiger partial charge in [-0.1, -0.05) is 13.8 Å². The van der Waals surface area contributed by atoms with Crippen molar-refractivity contribution in [2.24, 2.45) is 0 Å². The van der Waals surface area contributed by atoms with Crippen molar-refractivity contribution in [2.45, 2.75) is 24.9 Å². The summed E-state index contributed by atoms with van der Waals surface area (Å²) >= 11 is 0. The highest BCUT2D eigenvalue weighted by Gasteiger charge is 2.31. The summed E-state index contributed by atoms with van der Waals surface area (Å²) in [5.41, 5.74) is -0.817. The molecule has 0 fully saturated rings. The lowest BCUT2D eigenvalue weighted by atomic mass is 10.1. The fraction of sp³-hybridized carbons (Fsp3) is 0.250. The Kier molecular flexibility index (Phi) is 6.65. The molecule has 0 bridgehead atoms. The number of anilines is 1. The van der Waals surface area contributed by atoms with E-state index in [-0.39, 0.29) is 21.8 Å². The Morgan fingerprint density at radius 2 is 1.75 bits per heavy atom. The van der Waals surface area contributed by atoms with E-state index in [9.17, 15) is 26.4 Å². The van der Waals surface area contributed by atoms with Crippen LogP contribution in [0.3, 0.4) is 0 Å². The van der Waals surface area contributed by atoms with Crippen molar-refractivity contribution >= 4 is 21.6 Å². The Bertz CT molecular complexity index is 1190. The first kappa shape index (κ1) is 23.4. The molecule has 1 N–H and O–H groups in total. The van der Waals surface area contributed by atoms with Crippen molar-refractivity contribution in [3.05, 3.63) is 66.2 Å². The normalized spacial score (nSPS) is 12.2. The standard InChI is InChI=1S/C20H20F3N5O3S/c1-3-27(4-2)32(30,31)16-8-5-14(6-9-16)19(29)26-17-11-15(20(21,22)23)7-10-18(17)28-13-24-12-25-28/h5-13H,3-4H2,1-2H3,(H,26,29). The van der Waals surface area contributed by atoms with Crippen LogP contribution in [0.1, 0.15) is 29.8 Å². The van der Waals surface area contributed by atoms with Gasteiger partial charge >= 0.3 is 6.18 Å². The van der Waals surface area contributed by atoms with E-state index in [1.165, 1.54) is 52.0 Å². The van der Waals surface area contributed by atoms with Gasteiger partial charge in [0.2, 0.25) is 10.0 Å². The molecule has 0 spiro atoms. The lowest BCUT2D eigenvalue weighted by Gasteiger charge is -2.18. The fourth-order valence-corrected chi connectivity index (χ4v) is 4.49. The number of carbonyl (C=O) groups is 1. The Morgan fingerprint density at radius 3 is 2.28 bits per heavy atom. The zero-order valence-electron chi connectivity index (χ0n) is 17.2. The van der Waals surface area contributed by atoms with Gasteiger partial charge in [-0.2, -0.15) is 22.6 Å². The molecule has 0 saturated carbocycles. The van der Waals surface area contributed by atoms with E-state index in [2.05, 4.69) is 15.4 Å². The van der Waals surface area contributed by atoms with Crippen LogP contribution < -0.4 is 5.32 Å². The second kappa shape index (κ2) is 9.09. The van der Waals surface area contributed by atoms with Crippen LogP contribution in [0.15, 0.2) is 60.0 Å². The molecule has 0 atom stereocenters. The third-order valence-corrected chi connectivity index (χ3v) is 6.76. The van der Waals surface area contributed by atoms with Gasteiger partial charge in [0.15, 0.2) is 0 Å². The van der Waals surface area contributed by atoms with E-state index in [0.717, 1.165) is 12.1 Å². The van der Waals surface area contributed by atoms with Gasteiger partial charge in [0, 0.05) is 18.7 Å². The van der Waals surface area contributed by atoms with Crippen molar-refractivity contribution in [1.82, 2.24) is 19.1 Å². The topological polar surface area (TPSA) is 97.2 Å². The molecule has 8 nitrogen and oxygen atoms in total.